The van der Waals surface area contributed by atoms with Crippen LogP contribution in [0.2, 0.25) is 5.02 Å². The highest BCUT2D eigenvalue weighted by Crippen LogP contribution is 2.22. The van der Waals surface area contributed by atoms with E-state index >= 15 is 0 Å². The van der Waals surface area contributed by atoms with Crippen molar-refractivity contribution in [3.05, 3.63) is 58.9 Å². The number of anilines is 1. The summed E-state index contributed by atoms with van der Waals surface area (Å²) in [4.78, 5) is 2.09. The van der Waals surface area contributed by atoms with E-state index in [-0.39, 0.29) is 0 Å². The van der Waals surface area contributed by atoms with Crippen molar-refractivity contribution in [2.45, 2.75) is 0 Å². The quantitative estimate of drug-likeness (QED) is 0.857. The van der Waals surface area contributed by atoms with Gasteiger partial charge in [0.2, 0.25) is 0 Å². The third-order valence-electron chi connectivity index (χ3n) is 3.55. The molecule has 1 aromatic heterocycles. The Hall–Kier alpha value is -1.78. The molecule has 0 amide bonds. The largest absolute Gasteiger partial charge is 0.358 e. The Morgan fingerprint density at radius 1 is 1.24 bits per heavy atom. The highest BCUT2D eigenvalue weighted by Gasteiger charge is 2.19. The van der Waals surface area contributed by atoms with Gasteiger partial charge >= 0.3 is 0 Å². The first-order chi connectivity index (χ1) is 10.1. The fourth-order valence-corrected chi connectivity index (χ4v) is 2.74. The highest BCUT2D eigenvalue weighted by atomic mass is 35.5. The van der Waals surface area contributed by atoms with Gasteiger partial charge in [0.25, 0.3) is 0 Å². The van der Waals surface area contributed by atoms with Gasteiger partial charge in [0.05, 0.1) is 0 Å². The van der Waals surface area contributed by atoms with Gasteiger partial charge in [0.15, 0.2) is 5.11 Å². The van der Waals surface area contributed by atoms with Crippen LogP contribution in [0.1, 0.15) is 5.69 Å². The Morgan fingerprint density at radius 3 is 2.67 bits per heavy atom. The monoisotopic (exact) mass is 317 g/mol. The van der Waals surface area contributed by atoms with Crippen LogP contribution in [0.25, 0.3) is 6.08 Å². The first-order valence-corrected chi connectivity index (χ1v) is 7.54. The number of aryl methyl sites for hydroxylation is 1. The van der Waals surface area contributed by atoms with Gasteiger partial charge in [-0.3, -0.25) is 0 Å². The standard InChI is InChI=1S/C16H16ClN3S/c1-19-8-2-3-15(19)9-12-10-18-16(21)20(11-12)14-6-4-13(17)5-7-14/h2-9H,10-11H2,1H3,(H,18,21). The molecule has 3 rings (SSSR count). The second-order valence-corrected chi connectivity index (χ2v) is 5.89. The van der Waals surface area contributed by atoms with Crippen LogP contribution in [0, 0.1) is 0 Å². The van der Waals surface area contributed by atoms with Crippen LogP contribution in [0.5, 0.6) is 0 Å². The molecule has 1 saturated heterocycles. The number of nitrogens with one attached hydrogen (secondary N) is 1. The Morgan fingerprint density at radius 2 is 2.00 bits per heavy atom. The van der Waals surface area contributed by atoms with Gasteiger partial charge in [-0.25, -0.2) is 0 Å². The zero-order chi connectivity index (χ0) is 14.8. The maximum Gasteiger partial charge on any atom is 0.174 e. The topological polar surface area (TPSA) is 20.2 Å². The third-order valence-corrected chi connectivity index (χ3v) is 4.16. The zero-order valence-corrected chi connectivity index (χ0v) is 13.3. The van der Waals surface area contributed by atoms with Crippen LogP contribution >= 0.6 is 23.8 Å². The molecule has 1 aromatic carbocycles. The van der Waals surface area contributed by atoms with Gasteiger partial charge in [-0.2, -0.15) is 0 Å². The summed E-state index contributed by atoms with van der Waals surface area (Å²) in [6.45, 7) is 1.58. The predicted molar refractivity (Wildman–Crippen MR) is 92.8 cm³/mol. The van der Waals surface area contributed by atoms with Crippen LogP contribution in [0.4, 0.5) is 5.69 Å². The minimum Gasteiger partial charge on any atom is -0.358 e. The van der Waals surface area contributed by atoms with Crippen molar-refractivity contribution in [1.29, 1.82) is 0 Å². The average molecular weight is 318 g/mol. The summed E-state index contributed by atoms with van der Waals surface area (Å²) in [6.07, 6.45) is 4.25. The van der Waals surface area contributed by atoms with Crippen molar-refractivity contribution in [2.75, 3.05) is 18.0 Å². The lowest BCUT2D eigenvalue weighted by atomic mass is 10.1. The van der Waals surface area contributed by atoms with E-state index in [4.69, 9.17) is 23.8 Å². The van der Waals surface area contributed by atoms with E-state index in [0.717, 1.165) is 28.9 Å². The molecule has 1 N–H and O–H groups in total. The first-order valence-electron chi connectivity index (χ1n) is 6.75. The molecule has 21 heavy (non-hydrogen) atoms. The maximum atomic E-state index is 5.95. The Bertz CT molecular complexity index is 688. The molecule has 0 atom stereocenters. The maximum absolute atomic E-state index is 5.95. The van der Waals surface area contributed by atoms with Crippen molar-refractivity contribution in [2.24, 2.45) is 7.05 Å². The van der Waals surface area contributed by atoms with Gasteiger partial charge in [0, 0.05) is 42.7 Å². The van der Waals surface area contributed by atoms with Crippen LogP contribution in [0.15, 0.2) is 48.2 Å². The van der Waals surface area contributed by atoms with Crippen LogP contribution < -0.4 is 10.2 Å². The second-order valence-electron chi connectivity index (χ2n) is 5.07. The second kappa shape index (κ2) is 5.92. The van der Waals surface area contributed by atoms with Gasteiger partial charge in [-0.15, -0.1) is 0 Å². The van der Waals surface area contributed by atoms with E-state index in [0.29, 0.717) is 0 Å². The molecule has 3 nitrogen and oxygen atoms in total. The van der Waals surface area contributed by atoms with Crippen LogP contribution in [-0.2, 0) is 7.05 Å². The fourth-order valence-electron chi connectivity index (χ4n) is 2.38. The molecule has 0 unspecified atom stereocenters. The molecule has 0 radical (unpaired) electrons. The van der Waals surface area contributed by atoms with Crippen molar-refractivity contribution in [3.63, 3.8) is 0 Å². The Labute approximate surface area is 134 Å². The number of nitrogens with zero attached hydrogens (tertiary/aromatic N) is 2. The summed E-state index contributed by atoms with van der Waals surface area (Å²) in [5.74, 6) is 0. The molecule has 0 aliphatic carbocycles. The molecule has 0 spiro atoms. The number of hydrogen-bond donors (Lipinski definition) is 1. The first kappa shape index (κ1) is 14.2. The molecule has 1 aliphatic heterocycles. The number of hydrogen-bond acceptors (Lipinski definition) is 1. The van der Waals surface area contributed by atoms with E-state index < -0.39 is 0 Å². The van der Waals surface area contributed by atoms with E-state index in [1.807, 2.05) is 43.6 Å². The molecule has 2 aromatic rings. The SMILES string of the molecule is Cn1cccc1C=C1CNC(=S)N(c2ccc(Cl)cc2)C1. The Kier molecular flexibility index (Phi) is 3.99. The molecule has 108 valence electrons. The zero-order valence-electron chi connectivity index (χ0n) is 11.7. The summed E-state index contributed by atoms with van der Waals surface area (Å²) in [6, 6.07) is 11.9. The lowest BCUT2D eigenvalue weighted by molar-refractivity contribution is 0.860. The molecule has 0 bridgehead atoms. The normalized spacial score (nSPS) is 17.1. The van der Waals surface area contributed by atoms with Crippen molar-refractivity contribution in [1.82, 2.24) is 9.88 Å². The van der Waals surface area contributed by atoms with Gasteiger partial charge < -0.3 is 14.8 Å². The molecular weight excluding hydrogens is 302 g/mol. The lowest BCUT2D eigenvalue weighted by Crippen LogP contribution is -2.47. The average Bonchev–Trinajstić information content (AvgIpc) is 2.87. The summed E-state index contributed by atoms with van der Waals surface area (Å²) in [5.41, 5.74) is 3.53. The van der Waals surface area contributed by atoms with E-state index in [1.165, 1.54) is 11.3 Å². The third kappa shape index (κ3) is 3.12. The number of thiocarbonyl (C=S) groups is 1. The minimum atomic E-state index is 0.731. The molecule has 0 saturated carbocycles. The summed E-state index contributed by atoms with van der Waals surface area (Å²) < 4.78 is 2.10. The summed E-state index contributed by atoms with van der Waals surface area (Å²) in [7, 11) is 2.05. The molecule has 2 heterocycles. The highest BCUT2D eigenvalue weighted by molar-refractivity contribution is 7.80. The number of halogens is 1. The Balaban J connectivity index is 1.85. The van der Waals surface area contributed by atoms with E-state index in [2.05, 4.69) is 26.9 Å². The van der Waals surface area contributed by atoms with Crippen molar-refractivity contribution in [3.8, 4) is 0 Å². The molecule has 1 aliphatic rings. The van der Waals surface area contributed by atoms with E-state index in [1.54, 1.807) is 0 Å². The van der Waals surface area contributed by atoms with Crippen LogP contribution in [0.3, 0.4) is 0 Å². The van der Waals surface area contributed by atoms with Crippen LogP contribution in [-0.4, -0.2) is 22.8 Å². The molecule has 1 fully saturated rings. The van der Waals surface area contributed by atoms with Crippen molar-refractivity contribution >= 4 is 40.7 Å². The van der Waals surface area contributed by atoms with Gasteiger partial charge in [-0.05, 0) is 60.3 Å². The van der Waals surface area contributed by atoms with E-state index in [9.17, 15) is 0 Å². The predicted octanol–water partition coefficient (Wildman–Crippen LogP) is 3.46. The fraction of sp³-hybridized carbons (Fsp3) is 0.188. The van der Waals surface area contributed by atoms with Crippen molar-refractivity contribution < 1.29 is 0 Å². The smallest absolute Gasteiger partial charge is 0.174 e. The minimum absolute atomic E-state index is 0.731. The van der Waals surface area contributed by atoms with Gasteiger partial charge in [-0.1, -0.05) is 11.6 Å². The number of rotatable bonds is 2. The lowest BCUT2D eigenvalue weighted by Gasteiger charge is -2.32. The molecular formula is C16H16ClN3S. The molecule has 5 heteroatoms. The number of benzene rings is 1. The number of aromatic nitrogens is 1. The van der Waals surface area contributed by atoms with Gasteiger partial charge in [0.1, 0.15) is 0 Å². The summed E-state index contributed by atoms with van der Waals surface area (Å²) in [5, 5.41) is 4.76. The summed E-state index contributed by atoms with van der Waals surface area (Å²) >= 11 is 11.4.